The second-order valence-corrected chi connectivity index (χ2v) is 9.02. The van der Waals surface area contributed by atoms with Gasteiger partial charge in [-0.25, -0.2) is 18.4 Å². The summed E-state index contributed by atoms with van der Waals surface area (Å²) >= 11 is 0. The van der Waals surface area contributed by atoms with Crippen molar-refractivity contribution < 1.29 is 13.5 Å². The molecule has 0 aromatic carbocycles. The first-order valence-corrected chi connectivity index (χ1v) is 10.1. The van der Waals surface area contributed by atoms with Gasteiger partial charge in [0.1, 0.15) is 17.8 Å². The standard InChI is InChI=1S/C16H24N4O3S/c1-11(21)4-6-24(22,23)9-12-7-13(8-12)20(2)16-14-3-5-17-15(14)18-10-19-16/h3,5,10-13,21H,4,6-9H2,1-2H3,(H,17,18,19)/t11?,12-,13+. The minimum absolute atomic E-state index is 0.0670. The van der Waals surface area contributed by atoms with Crippen molar-refractivity contribution in [1.29, 1.82) is 0 Å². The molecule has 2 heterocycles. The lowest BCUT2D eigenvalue weighted by molar-refractivity contribution is 0.191. The molecule has 1 fully saturated rings. The van der Waals surface area contributed by atoms with Crippen molar-refractivity contribution in [3.63, 3.8) is 0 Å². The van der Waals surface area contributed by atoms with Crippen LogP contribution in [-0.2, 0) is 9.84 Å². The van der Waals surface area contributed by atoms with Crippen LogP contribution >= 0.6 is 0 Å². The fourth-order valence-electron chi connectivity index (χ4n) is 3.26. The number of H-pyrrole nitrogens is 1. The van der Waals surface area contributed by atoms with Crippen LogP contribution in [0.4, 0.5) is 5.82 Å². The number of rotatable bonds is 7. The zero-order valence-electron chi connectivity index (χ0n) is 14.0. The Kier molecular flexibility index (Phi) is 4.78. The van der Waals surface area contributed by atoms with Crippen molar-refractivity contribution in [2.75, 3.05) is 23.5 Å². The number of sulfone groups is 1. The van der Waals surface area contributed by atoms with Crippen LogP contribution in [0, 0.1) is 5.92 Å². The number of aliphatic hydroxyl groups excluding tert-OH is 1. The summed E-state index contributed by atoms with van der Waals surface area (Å²) in [5, 5.41) is 10.2. The average molecular weight is 352 g/mol. The summed E-state index contributed by atoms with van der Waals surface area (Å²) in [4.78, 5) is 13.8. The van der Waals surface area contributed by atoms with Gasteiger partial charge in [0.15, 0.2) is 9.84 Å². The minimum Gasteiger partial charge on any atom is -0.393 e. The Balaban J connectivity index is 1.57. The number of hydrogen-bond acceptors (Lipinski definition) is 6. The van der Waals surface area contributed by atoms with Gasteiger partial charge in [-0.05, 0) is 38.2 Å². The van der Waals surface area contributed by atoms with Crippen molar-refractivity contribution in [3.05, 3.63) is 18.6 Å². The fourth-order valence-corrected chi connectivity index (χ4v) is 5.12. The summed E-state index contributed by atoms with van der Waals surface area (Å²) in [7, 11) is -1.09. The third-order valence-electron chi connectivity index (χ3n) is 4.76. The van der Waals surface area contributed by atoms with Gasteiger partial charge in [0.05, 0.1) is 23.0 Å². The normalized spacial score (nSPS) is 22.3. The summed E-state index contributed by atoms with van der Waals surface area (Å²) in [6.45, 7) is 1.62. The topological polar surface area (TPSA) is 99.2 Å². The summed E-state index contributed by atoms with van der Waals surface area (Å²) in [6.07, 6.45) is 4.82. The van der Waals surface area contributed by atoms with Gasteiger partial charge < -0.3 is 15.0 Å². The molecule has 0 bridgehead atoms. The molecule has 132 valence electrons. The van der Waals surface area contributed by atoms with Gasteiger partial charge in [-0.3, -0.25) is 0 Å². The molecule has 0 spiro atoms. The second kappa shape index (κ2) is 6.68. The first-order valence-electron chi connectivity index (χ1n) is 8.25. The maximum Gasteiger partial charge on any atom is 0.150 e. The molecule has 0 amide bonds. The summed E-state index contributed by atoms with van der Waals surface area (Å²) in [5.74, 6) is 1.35. The molecule has 24 heavy (non-hydrogen) atoms. The molecule has 3 rings (SSSR count). The summed E-state index contributed by atoms with van der Waals surface area (Å²) < 4.78 is 24.2. The average Bonchev–Trinajstić information content (AvgIpc) is 2.96. The first-order chi connectivity index (χ1) is 11.4. The Morgan fingerprint density at radius 3 is 2.88 bits per heavy atom. The van der Waals surface area contributed by atoms with Gasteiger partial charge in [0.2, 0.25) is 0 Å². The highest BCUT2D eigenvalue weighted by atomic mass is 32.2. The largest absolute Gasteiger partial charge is 0.393 e. The molecule has 2 aromatic heterocycles. The maximum atomic E-state index is 12.1. The number of aromatic nitrogens is 3. The van der Waals surface area contributed by atoms with Crippen molar-refractivity contribution in [2.45, 2.75) is 38.3 Å². The summed E-state index contributed by atoms with van der Waals surface area (Å²) in [6, 6.07) is 2.26. The maximum absolute atomic E-state index is 12.1. The molecule has 1 saturated carbocycles. The number of fused-ring (bicyclic) bond motifs is 1. The number of aromatic amines is 1. The molecule has 0 radical (unpaired) electrons. The van der Waals surface area contributed by atoms with E-state index in [0.717, 1.165) is 29.7 Å². The highest BCUT2D eigenvalue weighted by Crippen LogP contribution is 2.35. The van der Waals surface area contributed by atoms with E-state index in [-0.39, 0.29) is 17.4 Å². The predicted octanol–water partition coefficient (Wildman–Crippen LogP) is 1.36. The van der Waals surface area contributed by atoms with Crippen LogP contribution in [0.1, 0.15) is 26.2 Å². The van der Waals surface area contributed by atoms with E-state index in [2.05, 4.69) is 19.9 Å². The Bertz CT molecular complexity index is 797. The third kappa shape index (κ3) is 3.70. The monoisotopic (exact) mass is 352 g/mol. The van der Waals surface area contributed by atoms with E-state index in [0.29, 0.717) is 12.5 Å². The Morgan fingerprint density at radius 1 is 1.42 bits per heavy atom. The van der Waals surface area contributed by atoms with Gasteiger partial charge in [0.25, 0.3) is 0 Å². The first kappa shape index (κ1) is 17.2. The molecule has 2 N–H and O–H groups in total. The van der Waals surface area contributed by atoms with Crippen LogP contribution in [-0.4, -0.2) is 59.2 Å². The molecule has 2 aromatic rings. The number of nitrogens with one attached hydrogen (secondary N) is 1. The fraction of sp³-hybridized carbons (Fsp3) is 0.625. The molecule has 1 aliphatic carbocycles. The van der Waals surface area contributed by atoms with Crippen LogP contribution < -0.4 is 4.90 Å². The quantitative estimate of drug-likeness (QED) is 0.780. The SMILES string of the molecule is CC(O)CCS(=O)(=O)C[C@H]1C[C@@H](N(C)c2ncnc3[nH]ccc23)C1. The molecule has 1 unspecified atom stereocenters. The van der Waals surface area contributed by atoms with Crippen LogP contribution in [0.3, 0.4) is 0 Å². The van der Waals surface area contributed by atoms with Crippen molar-refractivity contribution >= 4 is 26.7 Å². The van der Waals surface area contributed by atoms with Crippen LogP contribution in [0.15, 0.2) is 18.6 Å². The van der Waals surface area contributed by atoms with Gasteiger partial charge in [-0.1, -0.05) is 0 Å². The van der Waals surface area contributed by atoms with Gasteiger partial charge in [-0.15, -0.1) is 0 Å². The van der Waals surface area contributed by atoms with Gasteiger partial charge >= 0.3 is 0 Å². The Hall–Kier alpha value is -1.67. The van der Waals surface area contributed by atoms with E-state index in [1.54, 1.807) is 13.3 Å². The van der Waals surface area contributed by atoms with E-state index in [4.69, 9.17) is 0 Å². The highest BCUT2D eigenvalue weighted by Gasteiger charge is 2.36. The van der Waals surface area contributed by atoms with Crippen LogP contribution in [0.5, 0.6) is 0 Å². The van der Waals surface area contributed by atoms with Gasteiger partial charge in [-0.2, -0.15) is 0 Å². The lowest BCUT2D eigenvalue weighted by atomic mass is 9.81. The van der Waals surface area contributed by atoms with Crippen LogP contribution in [0.2, 0.25) is 0 Å². The van der Waals surface area contributed by atoms with Crippen molar-refractivity contribution in [3.8, 4) is 0 Å². The van der Waals surface area contributed by atoms with E-state index in [9.17, 15) is 13.5 Å². The summed E-state index contributed by atoms with van der Waals surface area (Å²) in [5.41, 5.74) is 0.809. The van der Waals surface area contributed by atoms with Gasteiger partial charge in [0, 0.05) is 19.3 Å². The minimum atomic E-state index is -3.09. The smallest absolute Gasteiger partial charge is 0.150 e. The number of anilines is 1. The third-order valence-corrected chi connectivity index (χ3v) is 6.60. The lowest BCUT2D eigenvalue weighted by Gasteiger charge is -2.41. The molecular formula is C16H24N4O3S. The lowest BCUT2D eigenvalue weighted by Crippen LogP contribution is -2.45. The number of nitrogens with zero attached hydrogens (tertiary/aromatic N) is 3. The van der Waals surface area contributed by atoms with Crippen LogP contribution in [0.25, 0.3) is 11.0 Å². The van der Waals surface area contributed by atoms with Crippen molar-refractivity contribution in [1.82, 2.24) is 15.0 Å². The van der Waals surface area contributed by atoms with E-state index in [1.807, 2.05) is 19.3 Å². The molecule has 1 atom stereocenters. The molecular weight excluding hydrogens is 328 g/mol. The number of aliphatic hydroxyl groups is 1. The zero-order valence-corrected chi connectivity index (χ0v) is 14.8. The van der Waals surface area contributed by atoms with E-state index >= 15 is 0 Å². The zero-order chi connectivity index (χ0) is 17.3. The molecule has 7 nitrogen and oxygen atoms in total. The second-order valence-electron chi connectivity index (χ2n) is 6.79. The van der Waals surface area contributed by atoms with E-state index in [1.165, 1.54) is 0 Å². The molecule has 8 heteroatoms. The highest BCUT2D eigenvalue weighted by molar-refractivity contribution is 7.91. The van der Waals surface area contributed by atoms with E-state index < -0.39 is 15.9 Å². The predicted molar refractivity (Wildman–Crippen MR) is 93.8 cm³/mol. The Labute approximate surface area is 142 Å². The number of hydrogen-bond donors (Lipinski definition) is 2. The molecule has 0 saturated heterocycles. The Morgan fingerprint density at radius 2 is 2.17 bits per heavy atom. The van der Waals surface area contributed by atoms with Crippen molar-refractivity contribution in [2.24, 2.45) is 5.92 Å². The molecule has 0 aliphatic heterocycles. The molecule has 1 aliphatic rings.